The van der Waals surface area contributed by atoms with Gasteiger partial charge in [-0.1, -0.05) is 27.2 Å². The van der Waals surface area contributed by atoms with Crippen LogP contribution in [0.25, 0.3) is 0 Å². The van der Waals surface area contributed by atoms with Gasteiger partial charge in [-0.3, -0.25) is 0 Å². The second-order valence-electron chi connectivity index (χ2n) is 5.14. The minimum atomic E-state index is 0.505. The molecule has 94 valence electrons. The van der Waals surface area contributed by atoms with E-state index >= 15 is 0 Å². The molecule has 1 aliphatic rings. The molecular weight excluding hydrogens is 210 g/mol. The summed E-state index contributed by atoms with van der Waals surface area (Å²) in [6.45, 7) is 8.65. The fraction of sp³-hybridized carbons (Fsp3) is 0.714. The highest BCUT2D eigenvalue weighted by atomic mass is 15.0. The lowest BCUT2D eigenvalue weighted by Crippen LogP contribution is -2.27. The van der Waals surface area contributed by atoms with Crippen molar-refractivity contribution in [2.45, 2.75) is 58.9 Å². The van der Waals surface area contributed by atoms with Crippen LogP contribution in [0.5, 0.6) is 0 Å². The predicted octanol–water partition coefficient (Wildman–Crippen LogP) is 2.59. The molecule has 0 radical (unpaired) electrons. The van der Waals surface area contributed by atoms with Gasteiger partial charge in [-0.15, -0.1) is 0 Å². The smallest absolute Gasteiger partial charge is 0.128 e. The Morgan fingerprint density at radius 3 is 2.82 bits per heavy atom. The third kappa shape index (κ3) is 2.83. The monoisotopic (exact) mass is 233 g/mol. The van der Waals surface area contributed by atoms with Gasteiger partial charge in [0.25, 0.3) is 0 Å². The maximum atomic E-state index is 4.78. The van der Waals surface area contributed by atoms with Gasteiger partial charge in [-0.05, 0) is 30.9 Å². The van der Waals surface area contributed by atoms with Crippen LogP contribution in [0.2, 0.25) is 0 Å². The first kappa shape index (κ1) is 12.5. The molecule has 0 unspecified atom stereocenters. The van der Waals surface area contributed by atoms with Crippen LogP contribution < -0.4 is 5.32 Å². The maximum absolute atomic E-state index is 4.78. The molecule has 3 heteroatoms. The van der Waals surface area contributed by atoms with E-state index < -0.39 is 0 Å². The number of aromatic nitrogens is 2. The van der Waals surface area contributed by atoms with Crippen molar-refractivity contribution < 1.29 is 0 Å². The first-order valence-electron chi connectivity index (χ1n) is 6.81. The van der Waals surface area contributed by atoms with Gasteiger partial charge in [0, 0.05) is 13.0 Å². The number of hydrogen-bond donors (Lipinski definition) is 1. The maximum Gasteiger partial charge on any atom is 0.128 e. The Bertz CT molecular complexity index is 385. The Kier molecular flexibility index (Phi) is 4.11. The van der Waals surface area contributed by atoms with Crippen molar-refractivity contribution in [3.05, 3.63) is 22.8 Å². The lowest BCUT2D eigenvalue weighted by Gasteiger charge is -2.21. The van der Waals surface area contributed by atoms with Gasteiger partial charge < -0.3 is 5.32 Å². The summed E-state index contributed by atoms with van der Waals surface area (Å²) in [6.07, 6.45) is 4.49. The van der Waals surface area contributed by atoms with E-state index in [1.807, 2.05) is 0 Å². The summed E-state index contributed by atoms with van der Waals surface area (Å²) in [5, 5.41) is 3.40. The van der Waals surface area contributed by atoms with E-state index in [0.717, 1.165) is 31.8 Å². The van der Waals surface area contributed by atoms with Crippen LogP contribution in [0.15, 0.2) is 0 Å². The molecule has 0 spiro atoms. The minimum Gasteiger partial charge on any atom is -0.311 e. The molecule has 0 aliphatic carbocycles. The normalized spacial score (nSPS) is 15.1. The molecule has 0 atom stereocenters. The number of fused-ring (bicyclic) bond motifs is 1. The van der Waals surface area contributed by atoms with Crippen molar-refractivity contribution in [3.8, 4) is 0 Å². The summed E-state index contributed by atoms with van der Waals surface area (Å²) in [7, 11) is 0. The van der Waals surface area contributed by atoms with Crippen molar-refractivity contribution in [1.82, 2.24) is 15.3 Å². The van der Waals surface area contributed by atoms with Crippen LogP contribution >= 0.6 is 0 Å². The van der Waals surface area contributed by atoms with E-state index in [0.29, 0.717) is 5.92 Å². The molecule has 0 saturated carbocycles. The molecule has 2 rings (SSSR count). The van der Waals surface area contributed by atoms with E-state index in [1.54, 1.807) is 0 Å². The molecule has 1 aromatic rings. The second kappa shape index (κ2) is 5.58. The number of hydrogen-bond acceptors (Lipinski definition) is 3. The van der Waals surface area contributed by atoms with E-state index in [-0.39, 0.29) is 0 Å². The first-order chi connectivity index (χ1) is 8.22. The average Bonchev–Trinajstić information content (AvgIpc) is 2.35. The van der Waals surface area contributed by atoms with E-state index in [4.69, 9.17) is 9.97 Å². The Hall–Kier alpha value is -0.960. The lowest BCUT2D eigenvalue weighted by atomic mass is 9.97. The Labute approximate surface area is 104 Å². The molecule has 1 N–H and O–H groups in total. The van der Waals surface area contributed by atoms with Crippen LogP contribution in [0.1, 0.15) is 62.3 Å². The number of aryl methyl sites for hydroxylation is 1. The molecule has 0 aromatic carbocycles. The van der Waals surface area contributed by atoms with Gasteiger partial charge in [0.1, 0.15) is 5.82 Å². The lowest BCUT2D eigenvalue weighted by molar-refractivity contribution is 0.595. The first-order valence-corrected chi connectivity index (χ1v) is 6.81. The number of unbranched alkanes of at least 4 members (excludes halogenated alkanes) is 1. The van der Waals surface area contributed by atoms with Gasteiger partial charge in [0.2, 0.25) is 0 Å². The van der Waals surface area contributed by atoms with Crippen molar-refractivity contribution in [2.24, 2.45) is 0 Å². The Morgan fingerprint density at radius 1 is 1.29 bits per heavy atom. The average molecular weight is 233 g/mol. The van der Waals surface area contributed by atoms with E-state index in [2.05, 4.69) is 26.1 Å². The zero-order chi connectivity index (χ0) is 12.3. The van der Waals surface area contributed by atoms with Gasteiger partial charge in [-0.25, -0.2) is 9.97 Å². The third-order valence-corrected chi connectivity index (χ3v) is 3.32. The summed E-state index contributed by atoms with van der Waals surface area (Å²) in [4.78, 5) is 9.50. The van der Waals surface area contributed by atoms with Gasteiger partial charge in [0.15, 0.2) is 0 Å². The number of nitrogens with one attached hydrogen (secondary N) is 1. The van der Waals surface area contributed by atoms with Crippen LogP contribution in [0, 0.1) is 0 Å². The highest BCUT2D eigenvalue weighted by molar-refractivity contribution is 5.30. The SMILES string of the molecule is CCCCc1nc2c(c(C(C)C)n1)CCNC2. The van der Waals surface area contributed by atoms with E-state index in [9.17, 15) is 0 Å². The van der Waals surface area contributed by atoms with Gasteiger partial charge in [0.05, 0.1) is 11.4 Å². The fourth-order valence-corrected chi connectivity index (χ4v) is 2.37. The van der Waals surface area contributed by atoms with Crippen LogP contribution in [-0.2, 0) is 19.4 Å². The standard InChI is InChI=1S/C14H23N3/c1-4-5-6-13-16-12-9-15-8-7-11(12)14(17-13)10(2)3/h10,15H,4-9H2,1-3H3. The molecule has 0 bridgehead atoms. The second-order valence-corrected chi connectivity index (χ2v) is 5.14. The predicted molar refractivity (Wildman–Crippen MR) is 70.1 cm³/mol. The summed E-state index contributed by atoms with van der Waals surface area (Å²) >= 11 is 0. The Morgan fingerprint density at radius 2 is 2.12 bits per heavy atom. The van der Waals surface area contributed by atoms with Crippen molar-refractivity contribution >= 4 is 0 Å². The molecule has 1 aromatic heterocycles. The van der Waals surface area contributed by atoms with Crippen molar-refractivity contribution in [2.75, 3.05) is 6.54 Å². The summed E-state index contributed by atoms with van der Waals surface area (Å²) in [6, 6.07) is 0. The molecule has 3 nitrogen and oxygen atoms in total. The molecule has 17 heavy (non-hydrogen) atoms. The van der Waals surface area contributed by atoms with Gasteiger partial charge >= 0.3 is 0 Å². The minimum absolute atomic E-state index is 0.505. The van der Waals surface area contributed by atoms with E-state index in [1.165, 1.54) is 29.8 Å². The molecule has 0 amide bonds. The Balaban J connectivity index is 2.34. The molecule has 1 aliphatic heterocycles. The zero-order valence-corrected chi connectivity index (χ0v) is 11.2. The van der Waals surface area contributed by atoms with Crippen LogP contribution in [0.4, 0.5) is 0 Å². The number of rotatable bonds is 4. The third-order valence-electron chi connectivity index (χ3n) is 3.32. The van der Waals surface area contributed by atoms with Crippen molar-refractivity contribution in [1.29, 1.82) is 0 Å². The molecule has 0 fully saturated rings. The highest BCUT2D eigenvalue weighted by Crippen LogP contribution is 2.22. The largest absolute Gasteiger partial charge is 0.311 e. The summed E-state index contributed by atoms with van der Waals surface area (Å²) in [5.41, 5.74) is 3.92. The number of nitrogens with zero attached hydrogens (tertiary/aromatic N) is 2. The quantitative estimate of drug-likeness (QED) is 0.868. The highest BCUT2D eigenvalue weighted by Gasteiger charge is 2.18. The molecular formula is C14H23N3. The summed E-state index contributed by atoms with van der Waals surface area (Å²) in [5.74, 6) is 1.54. The topological polar surface area (TPSA) is 37.8 Å². The van der Waals surface area contributed by atoms with Crippen LogP contribution in [-0.4, -0.2) is 16.5 Å². The van der Waals surface area contributed by atoms with Gasteiger partial charge in [-0.2, -0.15) is 0 Å². The molecule has 2 heterocycles. The summed E-state index contributed by atoms with van der Waals surface area (Å²) < 4.78 is 0. The zero-order valence-electron chi connectivity index (χ0n) is 11.2. The fourth-order valence-electron chi connectivity index (χ4n) is 2.37. The molecule has 0 saturated heterocycles. The van der Waals surface area contributed by atoms with Crippen molar-refractivity contribution in [3.63, 3.8) is 0 Å². The van der Waals surface area contributed by atoms with Crippen LogP contribution in [0.3, 0.4) is 0 Å².